The quantitative estimate of drug-likeness (QED) is 0.690. The van der Waals surface area contributed by atoms with Crippen LogP contribution in [0.4, 0.5) is 5.69 Å². The first kappa shape index (κ1) is 9.72. The fraction of sp³-hybridized carbons (Fsp3) is 0.538. The van der Waals surface area contributed by atoms with Crippen LogP contribution in [0.15, 0.2) is 24.3 Å². The number of nitrogens with one attached hydrogen (secondary N) is 1. The third kappa shape index (κ3) is 1.12. The van der Waals surface area contributed by atoms with E-state index in [0.29, 0.717) is 11.5 Å². The first-order chi connectivity index (χ1) is 6.59. The standard InChI is InChI=1S/C13H19N/c1-5-14-10(2)13(3,4)11-8-6-7-9-12(11)14/h6-10H,5H2,1-4H3/p+1. The molecule has 0 fully saturated rings. The third-order valence-corrected chi connectivity index (χ3v) is 3.95. The van der Waals surface area contributed by atoms with E-state index in [1.807, 2.05) is 0 Å². The number of fused-ring (bicyclic) bond motifs is 1. The number of hydrogen-bond acceptors (Lipinski definition) is 0. The third-order valence-electron chi connectivity index (χ3n) is 3.95. The molecule has 0 saturated heterocycles. The fourth-order valence-electron chi connectivity index (χ4n) is 2.72. The second-order valence-electron chi connectivity index (χ2n) is 4.87. The molecule has 0 spiro atoms. The van der Waals surface area contributed by atoms with Gasteiger partial charge in [-0.3, -0.25) is 4.90 Å². The van der Waals surface area contributed by atoms with E-state index in [2.05, 4.69) is 52.0 Å². The minimum absolute atomic E-state index is 0.321. The molecule has 1 aliphatic rings. The molecule has 1 heterocycles. The van der Waals surface area contributed by atoms with Gasteiger partial charge in [-0.1, -0.05) is 18.2 Å². The van der Waals surface area contributed by atoms with Crippen LogP contribution < -0.4 is 4.90 Å². The number of quaternary nitrogens is 1. The molecule has 2 atom stereocenters. The number of hydrogen-bond donors (Lipinski definition) is 1. The Kier molecular flexibility index (Phi) is 2.15. The Morgan fingerprint density at radius 1 is 1.29 bits per heavy atom. The molecule has 0 amide bonds. The van der Waals surface area contributed by atoms with Crippen LogP contribution in [-0.2, 0) is 5.41 Å². The molecule has 0 bridgehead atoms. The predicted molar refractivity (Wildman–Crippen MR) is 60.1 cm³/mol. The molecule has 14 heavy (non-hydrogen) atoms. The second-order valence-corrected chi connectivity index (χ2v) is 4.87. The molecule has 1 aliphatic heterocycles. The van der Waals surface area contributed by atoms with Gasteiger partial charge in [-0.15, -0.1) is 0 Å². The van der Waals surface area contributed by atoms with E-state index < -0.39 is 0 Å². The number of likely N-dealkylation sites (N-methyl/N-ethyl adjacent to an activating group) is 1. The zero-order valence-electron chi connectivity index (χ0n) is 9.59. The van der Waals surface area contributed by atoms with E-state index in [1.165, 1.54) is 17.8 Å². The van der Waals surface area contributed by atoms with Crippen molar-refractivity contribution < 1.29 is 4.90 Å². The first-order valence-electron chi connectivity index (χ1n) is 5.54. The molecule has 1 N–H and O–H groups in total. The molecule has 1 heteroatoms. The van der Waals surface area contributed by atoms with Crippen molar-refractivity contribution in [2.45, 2.75) is 39.2 Å². The van der Waals surface area contributed by atoms with Crippen molar-refractivity contribution in [3.63, 3.8) is 0 Å². The van der Waals surface area contributed by atoms with Gasteiger partial charge in [0.25, 0.3) is 0 Å². The Morgan fingerprint density at radius 2 is 1.93 bits per heavy atom. The lowest BCUT2D eigenvalue weighted by atomic mass is 9.81. The molecule has 1 aromatic carbocycles. The lowest BCUT2D eigenvalue weighted by molar-refractivity contribution is -0.853. The van der Waals surface area contributed by atoms with Crippen LogP contribution in [0.1, 0.15) is 33.3 Å². The largest absolute Gasteiger partial charge is 0.300 e. The Morgan fingerprint density at radius 3 is 2.57 bits per heavy atom. The smallest absolute Gasteiger partial charge is 0.135 e. The highest BCUT2D eigenvalue weighted by molar-refractivity contribution is 5.48. The summed E-state index contributed by atoms with van der Waals surface area (Å²) in [5.41, 5.74) is 3.36. The minimum atomic E-state index is 0.321. The molecule has 2 rings (SSSR count). The van der Waals surface area contributed by atoms with Crippen LogP contribution >= 0.6 is 0 Å². The fourth-order valence-corrected chi connectivity index (χ4v) is 2.72. The van der Waals surface area contributed by atoms with Crippen LogP contribution in [0.5, 0.6) is 0 Å². The Labute approximate surface area is 86.7 Å². The zero-order chi connectivity index (χ0) is 10.3. The summed E-state index contributed by atoms with van der Waals surface area (Å²) in [6.07, 6.45) is 0. The summed E-state index contributed by atoms with van der Waals surface area (Å²) in [4.78, 5) is 1.63. The Bertz CT molecular complexity index is 341. The lowest BCUT2D eigenvalue weighted by Gasteiger charge is -2.25. The van der Waals surface area contributed by atoms with Crippen LogP contribution in [-0.4, -0.2) is 12.6 Å². The van der Waals surface area contributed by atoms with Crippen molar-refractivity contribution in [2.75, 3.05) is 6.54 Å². The highest BCUT2D eigenvalue weighted by Gasteiger charge is 2.45. The predicted octanol–water partition coefficient (Wildman–Crippen LogP) is 1.90. The lowest BCUT2D eigenvalue weighted by Crippen LogP contribution is -3.10. The van der Waals surface area contributed by atoms with E-state index in [9.17, 15) is 0 Å². The molecule has 0 radical (unpaired) electrons. The van der Waals surface area contributed by atoms with E-state index in [-0.39, 0.29) is 0 Å². The van der Waals surface area contributed by atoms with Crippen molar-refractivity contribution in [1.29, 1.82) is 0 Å². The van der Waals surface area contributed by atoms with Crippen molar-refractivity contribution in [2.24, 2.45) is 0 Å². The maximum atomic E-state index is 2.36. The molecule has 76 valence electrons. The zero-order valence-corrected chi connectivity index (χ0v) is 9.59. The maximum Gasteiger partial charge on any atom is 0.135 e. The van der Waals surface area contributed by atoms with Crippen molar-refractivity contribution in [3.05, 3.63) is 29.8 Å². The normalized spacial score (nSPS) is 28.9. The SMILES string of the molecule is CC[NH+]1c2ccccc2C(C)(C)C1C. The van der Waals surface area contributed by atoms with Crippen molar-refractivity contribution in [3.8, 4) is 0 Å². The summed E-state index contributed by atoms with van der Waals surface area (Å²) in [6, 6.07) is 9.56. The second kappa shape index (κ2) is 3.09. The van der Waals surface area contributed by atoms with Crippen LogP contribution in [0.2, 0.25) is 0 Å². The van der Waals surface area contributed by atoms with Gasteiger partial charge in [-0.05, 0) is 33.8 Å². The summed E-state index contributed by atoms with van der Waals surface area (Å²) in [7, 11) is 0. The average Bonchev–Trinajstić information content (AvgIpc) is 2.37. The highest BCUT2D eigenvalue weighted by Crippen LogP contribution is 2.35. The molecule has 1 aromatic rings. The molecule has 1 nitrogen and oxygen atoms in total. The molecular formula is C13H20N+. The van der Waals surface area contributed by atoms with E-state index >= 15 is 0 Å². The van der Waals surface area contributed by atoms with Gasteiger partial charge in [0.2, 0.25) is 0 Å². The highest BCUT2D eigenvalue weighted by atomic mass is 15.2. The summed E-state index contributed by atoms with van der Waals surface area (Å²) < 4.78 is 0. The van der Waals surface area contributed by atoms with Crippen LogP contribution in [0, 0.1) is 0 Å². The number of rotatable bonds is 1. The molecule has 2 unspecified atom stereocenters. The summed E-state index contributed by atoms with van der Waals surface area (Å²) >= 11 is 0. The van der Waals surface area contributed by atoms with Crippen molar-refractivity contribution >= 4 is 5.69 Å². The van der Waals surface area contributed by atoms with Gasteiger partial charge >= 0.3 is 0 Å². The topological polar surface area (TPSA) is 4.44 Å². The monoisotopic (exact) mass is 190 g/mol. The van der Waals surface area contributed by atoms with Gasteiger partial charge in [-0.2, -0.15) is 0 Å². The van der Waals surface area contributed by atoms with E-state index in [0.717, 1.165) is 0 Å². The van der Waals surface area contributed by atoms with Gasteiger partial charge < -0.3 is 0 Å². The minimum Gasteiger partial charge on any atom is -0.300 e. The summed E-state index contributed by atoms with van der Waals surface area (Å²) in [6.45, 7) is 10.5. The number of benzene rings is 1. The molecule has 0 aliphatic carbocycles. The Balaban J connectivity index is 2.57. The summed E-state index contributed by atoms with van der Waals surface area (Å²) in [5, 5.41) is 0. The molecule has 0 aromatic heterocycles. The molecular weight excluding hydrogens is 170 g/mol. The van der Waals surface area contributed by atoms with Gasteiger partial charge in [0.15, 0.2) is 0 Å². The van der Waals surface area contributed by atoms with Gasteiger partial charge in [0, 0.05) is 11.0 Å². The van der Waals surface area contributed by atoms with E-state index in [4.69, 9.17) is 0 Å². The van der Waals surface area contributed by atoms with Crippen LogP contribution in [0.3, 0.4) is 0 Å². The Hall–Kier alpha value is -0.820. The van der Waals surface area contributed by atoms with Gasteiger partial charge in [0.05, 0.1) is 12.6 Å². The first-order valence-corrected chi connectivity index (χ1v) is 5.54. The number of para-hydroxylation sites is 1. The maximum absolute atomic E-state index is 2.36. The van der Waals surface area contributed by atoms with E-state index in [1.54, 1.807) is 4.90 Å². The molecule has 0 saturated carbocycles. The summed E-state index contributed by atoms with van der Waals surface area (Å²) in [5.74, 6) is 0. The average molecular weight is 190 g/mol. The van der Waals surface area contributed by atoms with Crippen LogP contribution in [0.25, 0.3) is 0 Å². The van der Waals surface area contributed by atoms with Gasteiger partial charge in [0.1, 0.15) is 5.69 Å². The van der Waals surface area contributed by atoms with Crippen molar-refractivity contribution in [1.82, 2.24) is 0 Å². The van der Waals surface area contributed by atoms with Gasteiger partial charge in [-0.25, -0.2) is 0 Å².